The van der Waals surface area contributed by atoms with Gasteiger partial charge in [0.1, 0.15) is 5.75 Å². The van der Waals surface area contributed by atoms with Crippen molar-refractivity contribution in [1.29, 1.82) is 0 Å². The zero-order valence-electron chi connectivity index (χ0n) is 15.5. The maximum atomic E-state index is 12.1. The molecule has 0 aromatic heterocycles. The maximum Gasteiger partial charge on any atom is 0.243 e. The van der Waals surface area contributed by atoms with Crippen molar-refractivity contribution in [2.24, 2.45) is 0 Å². The lowest BCUT2D eigenvalue weighted by Crippen LogP contribution is -2.22. The molecule has 140 valence electrons. The molecule has 2 aromatic carbocycles. The van der Waals surface area contributed by atoms with Gasteiger partial charge in [0.15, 0.2) is 0 Å². The summed E-state index contributed by atoms with van der Waals surface area (Å²) >= 11 is 6.08. The number of rotatable bonds is 10. The van der Waals surface area contributed by atoms with Gasteiger partial charge in [-0.15, -0.1) is 0 Å². The molecule has 0 saturated heterocycles. The average molecular weight is 375 g/mol. The van der Waals surface area contributed by atoms with Gasteiger partial charge in [-0.25, -0.2) is 0 Å². The lowest BCUT2D eigenvalue weighted by Gasteiger charge is -2.11. The maximum absolute atomic E-state index is 12.1. The van der Waals surface area contributed by atoms with Gasteiger partial charge >= 0.3 is 0 Å². The smallest absolute Gasteiger partial charge is 0.243 e. The number of ether oxygens (including phenoxy) is 1. The van der Waals surface area contributed by atoms with Gasteiger partial charge in [-0.2, -0.15) is 0 Å². The summed E-state index contributed by atoms with van der Waals surface area (Å²) in [6.07, 6.45) is 4.74. The Morgan fingerprint density at radius 3 is 2.58 bits per heavy atom. The monoisotopic (exact) mass is 374 g/mol. The van der Waals surface area contributed by atoms with E-state index in [9.17, 15) is 4.79 Å². The molecule has 26 heavy (non-hydrogen) atoms. The number of carbonyl (C=O) groups excluding carboxylic acids is 1. The predicted molar refractivity (Wildman–Crippen MR) is 109 cm³/mol. The Hall–Kier alpha value is -2.20. The van der Waals surface area contributed by atoms with Gasteiger partial charge in [-0.05, 0) is 55.3 Å². The van der Waals surface area contributed by atoms with Crippen LogP contribution in [0.3, 0.4) is 0 Å². The van der Waals surface area contributed by atoms with E-state index in [0.29, 0.717) is 5.02 Å². The van der Waals surface area contributed by atoms with E-state index in [1.165, 1.54) is 19.3 Å². The lowest BCUT2D eigenvalue weighted by molar-refractivity contribution is -0.114. The van der Waals surface area contributed by atoms with Crippen LogP contribution in [-0.2, 0) is 4.79 Å². The van der Waals surface area contributed by atoms with Gasteiger partial charge in [0.2, 0.25) is 5.91 Å². The van der Waals surface area contributed by atoms with Crippen molar-refractivity contribution in [3.8, 4) is 5.75 Å². The zero-order valence-corrected chi connectivity index (χ0v) is 16.2. The summed E-state index contributed by atoms with van der Waals surface area (Å²) in [6, 6.07) is 13.1. The van der Waals surface area contributed by atoms with Crippen LogP contribution in [0.5, 0.6) is 5.75 Å². The molecule has 2 rings (SSSR count). The zero-order chi connectivity index (χ0) is 18.8. The van der Waals surface area contributed by atoms with Crippen molar-refractivity contribution in [2.75, 3.05) is 23.8 Å². The quantitative estimate of drug-likeness (QED) is 0.527. The molecule has 4 nitrogen and oxygen atoms in total. The molecule has 0 aliphatic heterocycles. The van der Waals surface area contributed by atoms with Crippen molar-refractivity contribution in [2.45, 2.75) is 39.5 Å². The minimum Gasteiger partial charge on any atom is -0.494 e. The first-order valence-electron chi connectivity index (χ1n) is 9.12. The molecular formula is C21H27ClN2O2. The Morgan fingerprint density at radius 1 is 1.08 bits per heavy atom. The summed E-state index contributed by atoms with van der Waals surface area (Å²) in [4.78, 5) is 12.1. The lowest BCUT2D eigenvalue weighted by atomic mass is 10.2. The molecule has 0 bridgehead atoms. The third kappa shape index (κ3) is 6.60. The first-order valence-corrected chi connectivity index (χ1v) is 9.49. The molecule has 5 heteroatoms. The summed E-state index contributed by atoms with van der Waals surface area (Å²) in [5.74, 6) is 0.713. The summed E-state index contributed by atoms with van der Waals surface area (Å²) < 4.78 is 5.70. The highest BCUT2D eigenvalue weighted by molar-refractivity contribution is 6.31. The van der Waals surface area contributed by atoms with E-state index < -0.39 is 0 Å². The van der Waals surface area contributed by atoms with E-state index in [2.05, 4.69) is 17.6 Å². The van der Waals surface area contributed by atoms with Crippen LogP contribution in [0.1, 0.15) is 38.2 Å². The molecule has 0 saturated carbocycles. The molecule has 0 radical (unpaired) electrons. The molecular weight excluding hydrogens is 348 g/mol. The third-order valence-electron chi connectivity index (χ3n) is 4.11. The molecule has 0 aliphatic rings. The highest BCUT2D eigenvalue weighted by Crippen LogP contribution is 2.22. The van der Waals surface area contributed by atoms with Gasteiger partial charge in [0.05, 0.1) is 13.2 Å². The van der Waals surface area contributed by atoms with Gasteiger partial charge in [0.25, 0.3) is 0 Å². The number of benzene rings is 2. The molecule has 0 aliphatic carbocycles. The number of nitrogens with one attached hydrogen (secondary N) is 2. The first kappa shape index (κ1) is 20.1. The van der Waals surface area contributed by atoms with E-state index >= 15 is 0 Å². The number of hydrogen-bond acceptors (Lipinski definition) is 3. The van der Waals surface area contributed by atoms with Crippen molar-refractivity contribution < 1.29 is 9.53 Å². The Bertz CT molecular complexity index is 702. The number of halogens is 1. The standard InChI is InChI=1S/C21H27ClN2O2/c1-3-4-5-6-14-26-18-12-10-17(11-13-18)24-21(25)15-23-20-9-7-8-19(22)16(20)2/h7-13,23H,3-6,14-15H2,1-2H3,(H,24,25). The summed E-state index contributed by atoms with van der Waals surface area (Å²) in [5, 5.41) is 6.66. The van der Waals surface area contributed by atoms with E-state index in [1.807, 2.05) is 49.4 Å². The molecule has 2 N–H and O–H groups in total. The molecule has 0 spiro atoms. The van der Waals surface area contributed by atoms with E-state index in [1.54, 1.807) is 0 Å². The Morgan fingerprint density at radius 2 is 1.85 bits per heavy atom. The van der Waals surface area contributed by atoms with Gasteiger partial charge in [0, 0.05) is 16.4 Å². The van der Waals surface area contributed by atoms with Crippen LogP contribution < -0.4 is 15.4 Å². The fraction of sp³-hybridized carbons (Fsp3) is 0.381. The molecule has 0 atom stereocenters. The number of unbranched alkanes of at least 4 members (excludes halogenated alkanes) is 3. The Labute approximate surface area is 160 Å². The minimum atomic E-state index is -0.113. The second-order valence-corrected chi connectivity index (χ2v) is 6.65. The van der Waals surface area contributed by atoms with Crippen molar-refractivity contribution in [3.05, 3.63) is 53.1 Å². The van der Waals surface area contributed by atoms with Crippen LogP contribution in [0.15, 0.2) is 42.5 Å². The van der Waals surface area contributed by atoms with Crippen LogP contribution in [0.4, 0.5) is 11.4 Å². The minimum absolute atomic E-state index is 0.113. The van der Waals surface area contributed by atoms with Crippen molar-refractivity contribution in [1.82, 2.24) is 0 Å². The Balaban J connectivity index is 1.75. The largest absolute Gasteiger partial charge is 0.494 e. The molecule has 0 fully saturated rings. The summed E-state index contributed by atoms with van der Waals surface area (Å²) in [6.45, 7) is 5.02. The second kappa shape index (κ2) is 10.7. The van der Waals surface area contributed by atoms with E-state index in [4.69, 9.17) is 16.3 Å². The highest BCUT2D eigenvalue weighted by atomic mass is 35.5. The summed E-state index contributed by atoms with van der Waals surface area (Å²) in [7, 11) is 0. The fourth-order valence-corrected chi connectivity index (χ4v) is 2.71. The first-order chi connectivity index (χ1) is 12.6. The van der Waals surface area contributed by atoms with Crippen LogP contribution in [0, 0.1) is 6.92 Å². The average Bonchev–Trinajstić information content (AvgIpc) is 2.64. The number of anilines is 2. The van der Waals surface area contributed by atoms with Crippen LogP contribution in [-0.4, -0.2) is 19.1 Å². The van der Waals surface area contributed by atoms with Gasteiger partial charge in [-0.1, -0.05) is 43.9 Å². The Kier molecular flexibility index (Phi) is 8.29. The summed E-state index contributed by atoms with van der Waals surface area (Å²) in [5.41, 5.74) is 2.54. The van der Waals surface area contributed by atoms with Crippen LogP contribution in [0.2, 0.25) is 5.02 Å². The normalized spacial score (nSPS) is 10.4. The van der Waals surface area contributed by atoms with Crippen LogP contribution in [0.25, 0.3) is 0 Å². The van der Waals surface area contributed by atoms with Gasteiger partial charge < -0.3 is 15.4 Å². The highest BCUT2D eigenvalue weighted by Gasteiger charge is 2.06. The fourth-order valence-electron chi connectivity index (χ4n) is 2.53. The predicted octanol–water partition coefficient (Wildman–Crippen LogP) is 5.66. The number of amides is 1. The SMILES string of the molecule is CCCCCCOc1ccc(NC(=O)CNc2cccc(Cl)c2C)cc1. The topological polar surface area (TPSA) is 50.4 Å². The second-order valence-electron chi connectivity index (χ2n) is 6.25. The number of carbonyl (C=O) groups is 1. The van der Waals surface area contributed by atoms with Gasteiger partial charge in [-0.3, -0.25) is 4.79 Å². The molecule has 0 heterocycles. The molecule has 0 unspecified atom stereocenters. The number of hydrogen-bond donors (Lipinski definition) is 2. The van der Waals surface area contributed by atoms with E-state index in [0.717, 1.165) is 35.7 Å². The van der Waals surface area contributed by atoms with Crippen molar-refractivity contribution >= 4 is 28.9 Å². The molecule has 2 aromatic rings. The van der Waals surface area contributed by atoms with Crippen molar-refractivity contribution in [3.63, 3.8) is 0 Å². The van der Waals surface area contributed by atoms with E-state index in [-0.39, 0.29) is 12.5 Å². The third-order valence-corrected chi connectivity index (χ3v) is 4.52. The molecule has 1 amide bonds. The van der Waals surface area contributed by atoms with Crippen LogP contribution >= 0.6 is 11.6 Å².